The summed E-state index contributed by atoms with van der Waals surface area (Å²) in [7, 11) is -4.06. The van der Waals surface area contributed by atoms with E-state index in [1.807, 2.05) is 52.0 Å². The molecule has 0 fully saturated rings. The Morgan fingerprint density at radius 1 is 0.838 bits per heavy atom. The molecule has 3 rings (SSSR count). The summed E-state index contributed by atoms with van der Waals surface area (Å²) in [4.78, 5) is 28.3. The summed E-state index contributed by atoms with van der Waals surface area (Å²) in [6.07, 6.45) is 0. The van der Waals surface area contributed by atoms with Gasteiger partial charge < -0.3 is 10.2 Å². The molecule has 0 aliphatic rings. The molecule has 0 aromatic heterocycles. The molecule has 0 saturated heterocycles. The van der Waals surface area contributed by atoms with E-state index in [2.05, 4.69) is 5.32 Å². The Hall–Kier alpha value is -3.65. The molecule has 0 radical (unpaired) electrons. The number of hydrogen-bond acceptors (Lipinski definition) is 4. The number of anilines is 1. The molecule has 2 amide bonds. The summed E-state index contributed by atoms with van der Waals surface area (Å²) < 4.78 is 28.6. The highest BCUT2D eigenvalue weighted by molar-refractivity contribution is 7.92. The van der Waals surface area contributed by atoms with Crippen molar-refractivity contribution >= 4 is 27.5 Å². The first kappa shape index (κ1) is 27.9. The van der Waals surface area contributed by atoms with Crippen molar-refractivity contribution in [2.24, 2.45) is 0 Å². The summed E-state index contributed by atoms with van der Waals surface area (Å²) in [6.45, 7) is 8.90. The van der Waals surface area contributed by atoms with Crippen molar-refractivity contribution in [2.45, 2.75) is 58.1 Å². The highest BCUT2D eigenvalue weighted by Gasteiger charge is 2.32. The molecule has 0 aliphatic heterocycles. The Morgan fingerprint density at radius 2 is 1.43 bits per heavy atom. The number of benzene rings is 3. The number of hydrogen-bond donors (Lipinski definition) is 1. The highest BCUT2D eigenvalue weighted by Crippen LogP contribution is 2.25. The van der Waals surface area contributed by atoms with E-state index in [0.29, 0.717) is 5.69 Å². The van der Waals surface area contributed by atoms with Crippen molar-refractivity contribution in [1.82, 2.24) is 10.2 Å². The average molecular weight is 522 g/mol. The molecule has 0 saturated carbocycles. The first-order valence-electron chi connectivity index (χ1n) is 12.3. The largest absolute Gasteiger partial charge is 0.352 e. The van der Waals surface area contributed by atoms with Crippen molar-refractivity contribution in [3.63, 3.8) is 0 Å². The lowest BCUT2D eigenvalue weighted by molar-refractivity contribution is -0.139. The fraction of sp³-hybridized carbons (Fsp3) is 0.310. The van der Waals surface area contributed by atoms with Crippen LogP contribution in [0.5, 0.6) is 0 Å². The molecule has 0 aliphatic carbocycles. The van der Waals surface area contributed by atoms with E-state index in [-0.39, 0.29) is 23.4 Å². The van der Waals surface area contributed by atoms with E-state index in [4.69, 9.17) is 0 Å². The Balaban J connectivity index is 2.01. The Labute approximate surface area is 220 Å². The van der Waals surface area contributed by atoms with Gasteiger partial charge in [0.2, 0.25) is 11.8 Å². The predicted octanol–water partition coefficient (Wildman–Crippen LogP) is 4.44. The zero-order chi connectivity index (χ0) is 27.2. The van der Waals surface area contributed by atoms with Gasteiger partial charge in [-0.25, -0.2) is 8.42 Å². The molecule has 1 unspecified atom stereocenters. The Morgan fingerprint density at radius 3 is 2.03 bits per heavy atom. The lowest BCUT2D eigenvalue weighted by Crippen LogP contribution is -2.52. The smallest absolute Gasteiger partial charge is 0.264 e. The number of carbonyl (C=O) groups is 2. The molecule has 7 nitrogen and oxygen atoms in total. The van der Waals surface area contributed by atoms with Gasteiger partial charge in [0.15, 0.2) is 0 Å². The van der Waals surface area contributed by atoms with Gasteiger partial charge in [0.05, 0.1) is 10.6 Å². The molecule has 37 heavy (non-hydrogen) atoms. The third-order valence-corrected chi connectivity index (χ3v) is 7.92. The van der Waals surface area contributed by atoms with Gasteiger partial charge in [-0.05, 0) is 70.0 Å². The van der Waals surface area contributed by atoms with Gasteiger partial charge in [-0.1, -0.05) is 60.2 Å². The minimum Gasteiger partial charge on any atom is -0.352 e. The SMILES string of the molecule is Cc1ccc(S(=O)(=O)N(CC(=O)N(Cc2ccccc2C)C(C)C(=O)NC(C)C)c2ccccc2)cc1. The maximum absolute atomic E-state index is 13.8. The lowest BCUT2D eigenvalue weighted by atomic mass is 10.1. The fourth-order valence-corrected chi connectivity index (χ4v) is 5.33. The third-order valence-electron chi connectivity index (χ3n) is 6.13. The predicted molar refractivity (Wildman–Crippen MR) is 147 cm³/mol. The van der Waals surface area contributed by atoms with Crippen LogP contribution in [0.15, 0.2) is 83.8 Å². The Kier molecular flexibility index (Phi) is 9.10. The minimum absolute atomic E-state index is 0.0887. The van der Waals surface area contributed by atoms with Crippen molar-refractivity contribution < 1.29 is 18.0 Å². The molecule has 196 valence electrons. The second-order valence-electron chi connectivity index (χ2n) is 9.45. The van der Waals surface area contributed by atoms with Gasteiger partial charge in [0.1, 0.15) is 12.6 Å². The molecular formula is C29H35N3O4S. The number of carbonyl (C=O) groups excluding carboxylic acids is 2. The van der Waals surface area contributed by atoms with Gasteiger partial charge in [-0.3, -0.25) is 13.9 Å². The molecule has 0 spiro atoms. The summed E-state index contributed by atoms with van der Waals surface area (Å²) in [5, 5.41) is 2.86. The fourth-order valence-electron chi connectivity index (χ4n) is 3.92. The van der Waals surface area contributed by atoms with Crippen LogP contribution in [0.1, 0.15) is 37.5 Å². The molecular weight excluding hydrogens is 486 g/mol. The van der Waals surface area contributed by atoms with Crippen LogP contribution in [0, 0.1) is 13.8 Å². The van der Waals surface area contributed by atoms with Gasteiger partial charge in [0.25, 0.3) is 10.0 Å². The topological polar surface area (TPSA) is 86.8 Å². The van der Waals surface area contributed by atoms with Gasteiger partial charge in [0, 0.05) is 12.6 Å². The quantitative estimate of drug-likeness (QED) is 0.427. The second kappa shape index (κ2) is 12.1. The van der Waals surface area contributed by atoms with Crippen LogP contribution < -0.4 is 9.62 Å². The maximum Gasteiger partial charge on any atom is 0.264 e. The van der Waals surface area contributed by atoms with E-state index >= 15 is 0 Å². The van der Waals surface area contributed by atoms with Crippen molar-refractivity contribution in [3.05, 3.63) is 95.6 Å². The summed E-state index contributed by atoms with van der Waals surface area (Å²) in [5.74, 6) is -0.779. The normalized spacial score (nSPS) is 12.2. The van der Waals surface area contributed by atoms with Crippen LogP contribution >= 0.6 is 0 Å². The number of aryl methyl sites for hydroxylation is 2. The van der Waals surface area contributed by atoms with Crippen molar-refractivity contribution in [1.29, 1.82) is 0 Å². The molecule has 3 aromatic carbocycles. The number of para-hydroxylation sites is 1. The molecule has 1 atom stereocenters. The van der Waals surface area contributed by atoms with Crippen LogP contribution in [0.4, 0.5) is 5.69 Å². The van der Waals surface area contributed by atoms with E-state index < -0.39 is 28.5 Å². The van der Waals surface area contributed by atoms with E-state index in [1.54, 1.807) is 49.4 Å². The van der Waals surface area contributed by atoms with Crippen LogP contribution in [-0.4, -0.2) is 43.8 Å². The lowest BCUT2D eigenvalue weighted by Gasteiger charge is -2.32. The van der Waals surface area contributed by atoms with Crippen LogP contribution in [0.2, 0.25) is 0 Å². The average Bonchev–Trinajstić information content (AvgIpc) is 2.86. The van der Waals surface area contributed by atoms with Gasteiger partial charge in [-0.15, -0.1) is 0 Å². The first-order valence-corrected chi connectivity index (χ1v) is 13.7. The molecule has 3 aromatic rings. The molecule has 1 N–H and O–H groups in total. The number of amides is 2. The number of rotatable bonds is 10. The third kappa shape index (κ3) is 6.98. The van der Waals surface area contributed by atoms with Crippen molar-refractivity contribution in [2.75, 3.05) is 10.8 Å². The van der Waals surface area contributed by atoms with E-state index in [0.717, 1.165) is 21.0 Å². The van der Waals surface area contributed by atoms with Gasteiger partial charge >= 0.3 is 0 Å². The molecule has 0 bridgehead atoms. The molecule has 0 heterocycles. The van der Waals surface area contributed by atoms with Crippen LogP contribution in [0.25, 0.3) is 0 Å². The van der Waals surface area contributed by atoms with Crippen molar-refractivity contribution in [3.8, 4) is 0 Å². The monoisotopic (exact) mass is 521 g/mol. The first-order chi connectivity index (χ1) is 17.5. The zero-order valence-electron chi connectivity index (χ0n) is 22.0. The zero-order valence-corrected chi connectivity index (χ0v) is 22.8. The summed E-state index contributed by atoms with van der Waals surface area (Å²) in [5.41, 5.74) is 3.15. The number of sulfonamides is 1. The minimum atomic E-state index is -4.06. The summed E-state index contributed by atoms with van der Waals surface area (Å²) >= 11 is 0. The van der Waals surface area contributed by atoms with E-state index in [1.165, 1.54) is 17.0 Å². The number of nitrogens with zero attached hydrogens (tertiary/aromatic N) is 2. The highest BCUT2D eigenvalue weighted by atomic mass is 32.2. The standard InChI is InChI=1S/C29H35N3O4S/c1-21(2)30-29(34)24(5)31(19-25-12-10-9-11-23(25)4)28(33)20-32(26-13-7-6-8-14-26)37(35,36)27-17-15-22(3)16-18-27/h6-18,21,24H,19-20H2,1-5H3,(H,30,34). The van der Waals surface area contributed by atoms with E-state index in [9.17, 15) is 18.0 Å². The van der Waals surface area contributed by atoms with Crippen LogP contribution in [0.3, 0.4) is 0 Å². The van der Waals surface area contributed by atoms with Crippen LogP contribution in [-0.2, 0) is 26.2 Å². The van der Waals surface area contributed by atoms with Gasteiger partial charge in [-0.2, -0.15) is 0 Å². The number of nitrogens with one attached hydrogen (secondary N) is 1. The Bertz CT molecular complexity index is 1320. The molecule has 8 heteroatoms. The maximum atomic E-state index is 13.8. The summed E-state index contributed by atoms with van der Waals surface area (Å²) in [6, 6.07) is 21.8. The second-order valence-corrected chi connectivity index (χ2v) is 11.3.